The van der Waals surface area contributed by atoms with Crippen molar-refractivity contribution < 1.29 is 9.72 Å². The van der Waals surface area contributed by atoms with Gasteiger partial charge in [-0.05, 0) is 18.2 Å². The van der Waals surface area contributed by atoms with E-state index in [0.29, 0.717) is 17.8 Å². The summed E-state index contributed by atoms with van der Waals surface area (Å²) >= 11 is 0.855. The van der Waals surface area contributed by atoms with E-state index in [1.807, 2.05) is 28.8 Å². The maximum absolute atomic E-state index is 11.9. The minimum atomic E-state index is -0.510. The summed E-state index contributed by atoms with van der Waals surface area (Å²) in [4.78, 5) is 22.3. The second-order valence-corrected chi connectivity index (χ2v) is 5.51. The first-order chi connectivity index (χ1) is 10.6. The smallest absolute Gasteiger partial charge is 0.324 e. The first kappa shape index (κ1) is 14.1. The second-order valence-electron chi connectivity index (χ2n) is 4.45. The molecule has 9 heteroatoms. The van der Waals surface area contributed by atoms with Crippen LogP contribution in [0.3, 0.4) is 0 Å². The van der Waals surface area contributed by atoms with Crippen LogP contribution in [0.4, 0.5) is 5.00 Å². The average molecular weight is 317 g/mol. The Kier molecular flexibility index (Phi) is 3.79. The molecule has 8 nitrogen and oxygen atoms in total. The molecule has 0 saturated carbocycles. The van der Waals surface area contributed by atoms with E-state index < -0.39 is 4.92 Å². The summed E-state index contributed by atoms with van der Waals surface area (Å²) in [6, 6.07) is 8.37. The zero-order valence-corrected chi connectivity index (χ0v) is 12.1. The number of rotatable bonds is 5. The van der Waals surface area contributed by atoms with Gasteiger partial charge < -0.3 is 5.32 Å². The molecule has 1 N–H and O–H groups in total. The second kappa shape index (κ2) is 5.90. The van der Waals surface area contributed by atoms with Gasteiger partial charge in [0.15, 0.2) is 5.65 Å². The van der Waals surface area contributed by atoms with Gasteiger partial charge in [0.2, 0.25) is 0 Å². The van der Waals surface area contributed by atoms with Crippen LogP contribution >= 0.6 is 11.3 Å². The van der Waals surface area contributed by atoms with E-state index in [0.717, 1.165) is 22.8 Å². The van der Waals surface area contributed by atoms with Crippen molar-refractivity contribution in [3.8, 4) is 0 Å². The van der Waals surface area contributed by atoms with E-state index in [1.165, 1.54) is 12.1 Å². The van der Waals surface area contributed by atoms with Crippen LogP contribution in [0, 0.1) is 10.1 Å². The number of thiophene rings is 1. The van der Waals surface area contributed by atoms with Crippen LogP contribution in [0.5, 0.6) is 0 Å². The highest BCUT2D eigenvalue weighted by Crippen LogP contribution is 2.23. The van der Waals surface area contributed by atoms with E-state index in [4.69, 9.17) is 0 Å². The molecule has 0 aliphatic carbocycles. The molecule has 3 rings (SSSR count). The number of amides is 1. The molecular weight excluding hydrogens is 306 g/mol. The summed E-state index contributed by atoms with van der Waals surface area (Å²) in [7, 11) is 0. The van der Waals surface area contributed by atoms with Gasteiger partial charge in [-0.1, -0.05) is 17.4 Å². The Morgan fingerprint density at radius 2 is 2.18 bits per heavy atom. The fourth-order valence-corrected chi connectivity index (χ4v) is 2.72. The maximum Gasteiger partial charge on any atom is 0.324 e. The van der Waals surface area contributed by atoms with Crippen LogP contribution in [0.2, 0.25) is 0 Å². The van der Waals surface area contributed by atoms with Gasteiger partial charge in [0.05, 0.1) is 9.80 Å². The summed E-state index contributed by atoms with van der Waals surface area (Å²) in [6.07, 6.45) is 2.37. The van der Waals surface area contributed by atoms with Crippen LogP contribution in [-0.2, 0) is 6.42 Å². The maximum atomic E-state index is 11.9. The standard InChI is InChI=1S/C13H11N5O3S/c19-13(9-4-5-12(22-9)18(20)21)14-7-6-11-16-15-10-3-1-2-8-17(10)11/h1-5,8H,6-7H2,(H,14,19). The van der Waals surface area contributed by atoms with E-state index in [2.05, 4.69) is 15.5 Å². The highest BCUT2D eigenvalue weighted by molar-refractivity contribution is 7.17. The van der Waals surface area contributed by atoms with Crippen molar-refractivity contribution >= 4 is 27.9 Å². The molecule has 3 heterocycles. The monoisotopic (exact) mass is 317 g/mol. The van der Waals surface area contributed by atoms with Gasteiger partial charge in [-0.3, -0.25) is 19.3 Å². The van der Waals surface area contributed by atoms with Gasteiger partial charge in [0.25, 0.3) is 5.91 Å². The van der Waals surface area contributed by atoms with E-state index in [1.54, 1.807) is 0 Å². The lowest BCUT2D eigenvalue weighted by atomic mass is 10.3. The largest absolute Gasteiger partial charge is 0.351 e. The Balaban J connectivity index is 1.60. The Morgan fingerprint density at radius 3 is 2.95 bits per heavy atom. The number of nitrogens with zero attached hydrogens (tertiary/aromatic N) is 4. The predicted octanol–water partition coefficient (Wildman–Crippen LogP) is 1.67. The highest BCUT2D eigenvalue weighted by Gasteiger charge is 2.15. The summed E-state index contributed by atoms with van der Waals surface area (Å²) in [6.45, 7) is 0.375. The fourth-order valence-electron chi connectivity index (χ4n) is 1.98. The molecule has 0 aliphatic heterocycles. The highest BCUT2D eigenvalue weighted by atomic mass is 32.1. The van der Waals surface area contributed by atoms with Crippen LogP contribution in [0.25, 0.3) is 5.65 Å². The van der Waals surface area contributed by atoms with Crippen molar-refractivity contribution in [3.63, 3.8) is 0 Å². The molecule has 0 unspecified atom stereocenters. The predicted molar refractivity (Wildman–Crippen MR) is 80.0 cm³/mol. The summed E-state index contributed by atoms with van der Waals surface area (Å²) in [5.74, 6) is 0.417. The quantitative estimate of drug-likeness (QED) is 0.569. The van der Waals surface area contributed by atoms with Crippen molar-refractivity contribution in [1.29, 1.82) is 0 Å². The molecule has 22 heavy (non-hydrogen) atoms. The average Bonchev–Trinajstić information content (AvgIpc) is 3.14. The van der Waals surface area contributed by atoms with Crippen molar-refractivity contribution in [2.24, 2.45) is 0 Å². The minimum Gasteiger partial charge on any atom is -0.351 e. The number of aromatic nitrogens is 3. The first-order valence-electron chi connectivity index (χ1n) is 6.46. The number of nitrogens with one attached hydrogen (secondary N) is 1. The van der Waals surface area contributed by atoms with Crippen LogP contribution in [0.1, 0.15) is 15.5 Å². The van der Waals surface area contributed by atoms with Crippen molar-refractivity contribution in [2.75, 3.05) is 6.54 Å². The fraction of sp³-hybridized carbons (Fsp3) is 0.154. The molecule has 3 aromatic rings. The molecule has 0 spiro atoms. The Labute approximate surface area is 128 Å². The van der Waals surface area contributed by atoms with Gasteiger partial charge in [0, 0.05) is 25.2 Å². The number of fused-ring (bicyclic) bond motifs is 1. The molecule has 1 amide bonds. The molecule has 0 radical (unpaired) electrons. The van der Waals surface area contributed by atoms with Gasteiger partial charge in [-0.25, -0.2) is 0 Å². The van der Waals surface area contributed by atoms with Crippen LogP contribution in [-0.4, -0.2) is 32.0 Å². The Hall–Kier alpha value is -2.81. The van der Waals surface area contributed by atoms with Crippen LogP contribution < -0.4 is 5.32 Å². The molecule has 3 aromatic heterocycles. The van der Waals surface area contributed by atoms with Gasteiger partial charge in [-0.2, -0.15) is 0 Å². The molecule has 0 bridgehead atoms. The molecule has 0 fully saturated rings. The molecule has 0 aromatic carbocycles. The molecule has 0 atom stereocenters. The zero-order chi connectivity index (χ0) is 15.5. The lowest BCUT2D eigenvalue weighted by Gasteiger charge is -2.02. The third-order valence-electron chi connectivity index (χ3n) is 3.01. The van der Waals surface area contributed by atoms with Gasteiger partial charge in [0.1, 0.15) is 5.82 Å². The number of pyridine rings is 1. The number of hydrogen-bond donors (Lipinski definition) is 1. The van der Waals surface area contributed by atoms with Crippen molar-refractivity contribution in [3.05, 3.63) is 57.3 Å². The number of carbonyl (C=O) groups excluding carboxylic acids is 1. The lowest BCUT2D eigenvalue weighted by molar-refractivity contribution is -0.380. The Morgan fingerprint density at radius 1 is 1.32 bits per heavy atom. The molecule has 0 aliphatic rings. The van der Waals surface area contributed by atoms with E-state index in [-0.39, 0.29) is 10.9 Å². The van der Waals surface area contributed by atoms with Crippen LogP contribution in [0.15, 0.2) is 36.5 Å². The summed E-state index contributed by atoms with van der Waals surface area (Å²) < 4.78 is 1.85. The third kappa shape index (κ3) is 2.79. The third-order valence-corrected chi connectivity index (χ3v) is 4.05. The summed E-state index contributed by atoms with van der Waals surface area (Å²) in [5.41, 5.74) is 0.748. The molecule has 0 saturated heterocycles. The van der Waals surface area contributed by atoms with Crippen molar-refractivity contribution in [2.45, 2.75) is 6.42 Å². The molecule has 112 valence electrons. The number of nitro groups is 1. The lowest BCUT2D eigenvalue weighted by Crippen LogP contribution is -2.25. The van der Waals surface area contributed by atoms with E-state index >= 15 is 0 Å². The van der Waals surface area contributed by atoms with Gasteiger partial charge in [-0.15, -0.1) is 10.2 Å². The topological polar surface area (TPSA) is 102 Å². The summed E-state index contributed by atoms with van der Waals surface area (Å²) in [5, 5.41) is 21.4. The van der Waals surface area contributed by atoms with Crippen molar-refractivity contribution in [1.82, 2.24) is 19.9 Å². The zero-order valence-electron chi connectivity index (χ0n) is 11.3. The first-order valence-corrected chi connectivity index (χ1v) is 7.28. The SMILES string of the molecule is O=C(NCCc1nnc2ccccn12)c1ccc([N+](=O)[O-])s1. The van der Waals surface area contributed by atoms with Gasteiger partial charge >= 0.3 is 5.00 Å². The number of hydrogen-bond acceptors (Lipinski definition) is 6. The Bertz CT molecular complexity index is 841. The minimum absolute atomic E-state index is 0.0476. The molecular formula is C13H11N5O3S. The van der Waals surface area contributed by atoms with E-state index in [9.17, 15) is 14.9 Å². The normalized spacial score (nSPS) is 10.7. The number of carbonyl (C=O) groups is 1.